The fraction of sp³-hybridized carbons (Fsp3) is 0.692. The molecule has 7 heteroatoms. The number of anilines is 2. The van der Waals surface area contributed by atoms with Gasteiger partial charge >= 0.3 is 5.97 Å². The van der Waals surface area contributed by atoms with E-state index in [1.54, 1.807) is 6.92 Å². The van der Waals surface area contributed by atoms with Crippen LogP contribution in [-0.4, -0.2) is 43.8 Å². The van der Waals surface area contributed by atoms with Crippen LogP contribution < -0.4 is 10.6 Å². The van der Waals surface area contributed by atoms with Crippen molar-refractivity contribution in [2.75, 3.05) is 44.0 Å². The van der Waals surface area contributed by atoms with Gasteiger partial charge in [0.1, 0.15) is 10.6 Å². The van der Waals surface area contributed by atoms with E-state index in [0.717, 1.165) is 37.6 Å². The van der Waals surface area contributed by atoms with E-state index < -0.39 is 5.97 Å². The van der Waals surface area contributed by atoms with Crippen LogP contribution in [0.4, 0.5) is 10.8 Å². The fourth-order valence-electron chi connectivity index (χ4n) is 2.35. The molecule has 0 spiro atoms. The second-order valence-electron chi connectivity index (χ2n) is 4.90. The van der Waals surface area contributed by atoms with Crippen molar-refractivity contribution in [3.8, 4) is 0 Å². The second kappa shape index (κ2) is 6.90. The van der Waals surface area contributed by atoms with Crippen molar-refractivity contribution in [3.63, 3.8) is 0 Å². The van der Waals surface area contributed by atoms with Gasteiger partial charge in [0.15, 0.2) is 5.82 Å². The van der Waals surface area contributed by atoms with Gasteiger partial charge in [-0.05, 0) is 37.2 Å². The average Bonchev–Trinajstić information content (AvgIpc) is 2.82. The molecule has 1 aromatic heterocycles. The number of carbonyl (C=O) groups excluding carboxylic acids is 1. The molecule has 1 aromatic rings. The largest absolute Gasteiger partial charge is 0.462 e. The van der Waals surface area contributed by atoms with E-state index in [4.69, 9.17) is 15.2 Å². The SMILES string of the molecule is CCOC(=O)c1c(N)nsc1N(C)CC1CCOCC1. The molecular formula is C13H21N3O3S. The Morgan fingerprint density at radius 3 is 2.90 bits per heavy atom. The van der Waals surface area contributed by atoms with E-state index in [9.17, 15) is 4.79 Å². The molecule has 0 aliphatic carbocycles. The first-order valence-electron chi connectivity index (χ1n) is 6.84. The summed E-state index contributed by atoms with van der Waals surface area (Å²) in [5, 5.41) is 0.785. The molecule has 20 heavy (non-hydrogen) atoms. The first-order valence-corrected chi connectivity index (χ1v) is 7.62. The lowest BCUT2D eigenvalue weighted by Crippen LogP contribution is -2.30. The van der Waals surface area contributed by atoms with Crippen molar-refractivity contribution in [1.82, 2.24) is 4.37 Å². The molecule has 0 bridgehead atoms. The third kappa shape index (κ3) is 3.40. The van der Waals surface area contributed by atoms with Crippen LogP contribution in [0.15, 0.2) is 0 Å². The van der Waals surface area contributed by atoms with Crippen molar-refractivity contribution in [2.45, 2.75) is 19.8 Å². The van der Waals surface area contributed by atoms with Crippen LogP contribution in [0.1, 0.15) is 30.1 Å². The standard InChI is InChI=1S/C13H21N3O3S/c1-3-19-13(17)10-11(14)15-20-12(10)16(2)8-9-4-6-18-7-5-9/h9H,3-8H2,1-2H3,(H2,14,15). The van der Waals surface area contributed by atoms with Crippen LogP contribution in [-0.2, 0) is 9.47 Å². The molecule has 0 unspecified atom stereocenters. The molecule has 2 rings (SSSR count). The van der Waals surface area contributed by atoms with Crippen molar-refractivity contribution >= 4 is 28.3 Å². The number of nitrogen functional groups attached to an aromatic ring is 1. The predicted molar refractivity (Wildman–Crippen MR) is 79.3 cm³/mol. The second-order valence-corrected chi connectivity index (χ2v) is 5.66. The summed E-state index contributed by atoms with van der Waals surface area (Å²) in [6.07, 6.45) is 2.10. The Labute approximate surface area is 123 Å². The minimum absolute atomic E-state index is 0.252. The van der Waals surface area contributed by atoms with Gasteiger partial charge in [0.05, 0.1) is 6.61 Å². The number of hydrogen-bond acceptors (Lipinski definition) is 7. The molecule has 6 nitrogen and oxygen atoms in total. The number of hydrogen-bond donors (Lipinski definition) is 1. The zero-order chi connectivity index (χ0) is 14.5. The van der Waals surface area contributed by atoms with E-state index in [1.165, 1.54) is 11.5 Å². The molecule has 1 aliphatic rings. The molecule has 112 valence electrons. The number of aromatic nitrogens is 1. The maximum absolute atomic E-state index is 12.0. The average molecular weight is 299 g/mol. The van der Waals surface area contributed by atoms with Crippen LogP contribution in [0.25, 0.3) is 0 Å². The van der Waals surface area contributed by atoms with Gasteiger partial charge in [-0.15, -0.1) is 0 Å². The number of rotatable bonds is 5. The Bertz CT molecular complexity index is 458. The molecular weight excluding hydrogens is 278 g/mol. The van der Waals surface area contributed by atoms with Gasteiger partial charge in [0.25, 0.3) is 0 Å². The molecule has 0 amide bonds. The lowest BCUT2D eigenvalue weighted by molar-refractivity contribution is 0.0528. The lowest BCUT2D eigenvalue weighted by atomic mass is 10.00. The summed E-state index contributed by atoms with van der Waals surface area (Å²) >= 11 is 1.25. The van der Waals surface area contributed by atoms with Crippen LogP contribution >= 0.6 is 11.5 Å². The van der Waals surface area contributed by atoms with Crippen molar-refractivity contribution in [2.24, 2.45) is 5.92 Å². The predicted octanol–water partition coefficient (Wildman–Crippen LogP) is 1.76. The maximum Gasteiger partial charge on any atom is 0.345 e. The summed E-state index contributed by atoms with van der Waals surface area (Å²) in [5.74, 6) is 0.432. The summed E-state index contributed by atoms with van der Waals surface area (Å²) < 4.78 is 14.5. The van der Waals surface area contributed by atoms with E-state index in [2.05, 4.69) is 9.27 Å². The summed E-state index contributed by atoms with van der Waals surface area (Å²) in [6.45, 7) is 4.61. The van der Waals surface area contributed by atoms with Crippen LogP contribution in [0, 0.1) is 5.92 Å². The highest BCUT2D eigenvalue weighted by Crippen LogP contribution is 2.31. The molecule has 1 saturated heterocycles. The molecule has 1 fully saturated rings. The van der Waals surface area contributed by atoms with Gasteiger partial charge in [0.2, 0.25) is 0 Å². The van der Waals surface area contributed by atoms with Crippen molar-refractivity contribution < 1.29 is 14.3 Å². The first-order chi connectivity index (χ1) is 9.63. The smallest absolute Gasteiger partial charge is 0.345 e. The summed E-state index contributed by atoms with van der Waals surface area (Å²) in [6, 6.07) is 0. The maximum atomic E-state index is 12.0. The summed E-state index contributed by atoms with van der Waals surface area (Å²) in [7, 11) is 1.96. The van der Waals surface area contributed by atoms with Crippen molar-refractivity contribution in [3.05, 3.63) is 5.56 Å². The van der Waals surface area contributed by atoms with Gasteiger partial charge in [-0.25, -0.2) is 4.79 Å². The third-order valence-corrected chi connectivity index (χ3v) is 4.38. The van der Waals surface area contributed by atoms with Crippen LogP contribution in [0.5, 0.6) is 0 Å². The lowest BCUT2D eigenvalue weighted by Gasteiger charge is -2.27. The number of nitrogens with two attached hydrogens (primary N) is 1. The van der Waals surface area contributed by atoms with Gasteiger partial charge in [0, 0.05) is 26.8 Å². The highest BCUT2D eigenvalue weighted by molar-refractivity contribution is 7.11. The first kappa shape index (κ1) is 15.1. The Kier molecular flexibility index (Phi) is 5.19. The minimum atomic E-state index is -0.396. The monoisotopic (exact) mass is 299 g/mol. The third-order valence-electron chi connectivity index (χ3n) is 3.40. The summed E-state index contributed by atoms with van der Waals surface area (Å²) in [4.78, 5) is 14.0. The Morgan fingerprint density at radius 2 is 2.25 bits per heavy atom. The van der Waals surface area contributed by atoms with Crippen LogP contribution in [0.2, 0.25) is 0 Å². The number of nitrogens with zero attached hydrogens (tertiary/aromatic N) is 2. The summed E-state index contributed by atoms with van der Waals surface area (Å²) in [5.41, 5.74) is 6.19. The molecule has 2 heterocycles. The molecule has 2 N–H and O–H groups in total. The Hall–Kier alpha value is -1.34. The zero-order valence-electron chi connectivity index (χ0n) is 11.9. The minimum Gasteiger partial charge on any atom is -0.462 e. The highest BCUT2D eigenvalue weighted by Gasteiger charge is 2.25. The zero-order valence-corrected chi connectivity index (χ0v) is 12.7. The number of carbonyl (C=O) groups is 1. The van der Waals surface area contributed by atoms with Crippen molar-refractivity contribution in [1.29, 1.82) is 0 Å². The molecule has 0 saturated carbocycles. The van der Waals surface area contributed by atoms with E-state index in [-0.39, 0.29) is 5.82 Å². The molecule has 1 aliphatic heterocycles. The molecule has 0 atom stereocenters. The van der Waals surface area contributed by atoms with Gasteiger partial charge in [-0.2, -0.15) is 4.37 Å². The van der Waals surface area contributed by atoms with E-state index in [0.29, 0.717) is 18.1 Å². The normalized spacial score (nSPS) is 16.1. The topological polar surface area (TPSA) is 77.7 Å². The molecule has 0 radical (unpaired) electrons. The number of esters is 1. The van der Waals surface area contributed by atoms with E-state index >= 15 is 0 Å². The fourth-order valence-corrected chi connectivity index (χ4v) is 3.12. The molecule has 0 aromatic carbocycles. The Morgan fingerprint density at radius 1 is 1.55 bits per heavy atom. The number of ether oxygens (including phenoxy) is 2. The van der Waals surface area contributed by atoms with E-state index in [1.807, 2.05) is 7.05 Å². The van der Waals surface area contributed by atoms with Gasteiger partial charge in [-0.3, -0.25) is 0 Å². The van der Waals surface area contributed by atoms with Crippen LogP contribution in [0.3, 0.4) is 0 Å². The highest BCUT2D eigenvalue weighted by atomic mass is 32.1. The quantitative estimate of drug-likeness (QED) is 0.835. The Balaban J connectivity index is 2.08. The van der Waals surface area contributed by atoms with Gasteiger partial charge in [-0.1, -0.05) is 0 Å². The van der Waals surface area contributed by atoms with Gasteiger partial charge < -0.3 is 20.1 Å².